The van der Waals surface area contributed by atoms with Crippen molar-refractivity contribution >= 4 is 45.4 Å². The minimum Gasteiger partial charge on any atom is -0.481 e. The predicted octanol–water partition coefficient (Wildman–Crippen LogP) is 3.87. The fourth-order valence-electron chi connectivity index (χ4n) is 4.92. The molecule has 2 aromatic carbocycles. The Labute approximate surface area is 207 Å². The van der Waals surface area contributed by atoms with Gasteiger partial charge in [-0.1, -0.05) is 36.4 Å². The summed E-state index contributed by atoms with van der Waals surface area (Å²) in [6.07, 6.45) is 2.49. The molecule has 0 spiro atoms. The average Bonchev–Trinajstić information content (AvgIpc) is 3.46. The molecule has 1 fully saturated rings. The number of benzene rings is 2. The molecule has 1 N–H and O–H groups in total. The maximum Gasteiger partial charge on any atom is 0.305 e. The zero-order valence-corrected chi connectivity index (χ0v) is 20.4. The van der Waals surface area contributed by atoms with E-state index in [9.17, 15) is 19.5 Å². The van der Waals surface area contributed by atoms with Crippen LogP contribution < -0.4 is 0 Å². The fourth-order valence-corrected chi connectivity index (χ4v) is 5.88. The first-order valence-electron chi connectivity index (χ1n) is 11.7. The summed E-state index contributed by atoms with van der Waals surface area (Å²) in [7, 11) is 0. The number of likely N-dealkylation sites (tertiary alicyclic amines) is 1. The Morgan fingerprint density at radius 1 is 1.20 bits per heavy atom. The van der Waals surface area contributed by atoms with E-state index in [1.807, 2.05) is 54.1 Å². The number of carbonyl (C=O) groups is 3. The molecule has 1 atom stereocenters. The summed E-state index contributed by atoms with van der Waals surface area (Å²) >= 11 is 1.61. The number of hydrogen-bond acceptors (Lipinski definition) is 5. The third-order valence-corrected chi connectivity index (χ3v) is 8.05. The molecule has 180 valence electrons. The van der Waals surface area contributed by atoms with Crippen LogP contribution in [0.1, 0.15) is 42.0 Å². The summed E-state index contributed by atoms with van der Waals surface area (Å²) in [6.45, 7) is 3.32. The second-order valence-electron chi connectivity index (χ2n) is 9.38. The van der Waals surface area contributed by atoms with E-state index >= 15 is 0 Å². The lowest BCUT2D eigenvalue weighted by Crippen LogP contribution is -2.68. The standard InChI is InChI=1S/C27H27N3O4S/c1-27(9-11-30(27)24(31)13-21-17-35-23-5-3-2-4-22(21)23)26(34)29(10-8-25(32)33)16-18-6-7-19-14-28-15-20(19)12-18/h2-7,12,14,17H,8-11,13,15-16H2,1H3,(H,32,33). The van der Waals surface area contributed by atoms with E-state index in [-0.39, 0.29) is 31.2 Å². The Kier molecular flexibility index (Phi) is 6.15. The van der Waals surface area contributed by atoms with Gasteiger partial charge in [-0.05, 0) is 52.4 Å². The van der Waals surface area contributed by atoms with Crippen molar-refractivity contribution in [2.45, 2.75) is 44.8 Å². The minimum atomic E-state index is -0.971. The second-order valence-corrected chi connectivity index (χ2v) is 10.3. The largest absolute Gasteiger partial charge is 0.481 e. The molecule has 7 nitrogen and oxygen atoms in total. The molecule has 8 heteroatoms. The zero-order chi connectivity index (χ0) is 24.6. The number of aliphatic imine (C=N–C) groups is 1. The zero-order valence-electron chi connectivity index (χ0n) is 19.6. The van der Waals surface area contributed by atoms with E-state index in [1.165, 1.54) is 0 Å². The smallest absolute Gasteiger partial charge is 0.305 e. The number of amides is 2. The Balaban J connectivity index is 1.33. The van der Waals surface area contributed by atoms with Crippen molar-refractivity contribution in [3.63, 3.8) is 0 Å². The second kappa shape index (κ2) is 9.26. The van der Waals surface area contributed by atoms with Crippen molar-refractivity contribution in [3.8, 4) is 0 Å². The molecule has 35 heavy (non-hydrogen) atoms. The lowest BCUT2D eigenvalue weighted by Gasteiger charge is -2.51. The van der Waals surface area contributed by atoms with Gasteiger partial charge in [-0.25, -0.2) is 0 Å². The summed E-state index contributed by atoms with van der Waals surface area (Å²) < 4.78 is 1.14. The molecule has 5 rings (SSSR count). The van der Waals surface area contributed by atoms with Crippen molar-refractivity contribution in [2.75, 3.05) is 13.1 Å². The van der Waals surface area contributed by atoms with Crippen LogP contribution in [0.4, 0.5) is 0 Å². The fraction of sp³-hybridized carbons (Fsp3) is 0.333. The molecule has 1 aromatic heterocycles. The minimum absolute atomic E-state index is 0.0801. The molecule has 1 saturated heterocycles. The van der Waals surface area contributed by atoms with Crippen molar-refractivity contribution in [1.82, 2.24) is 9.80 Å². The molecule has 0 saturated carbocycles. The van der Waals surface area contributed by atoms with Gasteiger partial charge in [0.15, 0.2) is 0 Å². The molecule has 3 aromatic rings. The van der Waals surface area contributed by atoms with Gasteiger partial charge < -0.3 is 14.9 Å². The first-order chi connectivity index (χ1) is 16.8. The average molecular weight is 490 g/mol. The van der Waals surface area contributed by atoms with Crippen LogP contribution in [0.3, 0.4) is 0 Å². The number of aliphatic carboxylic acids is 1. The number of carboxylic acids is 1. The van der Waals surface area contributed by atoms with E-state index < -0.39 is 11.5 Å². The third-order valence-electron chi connectivity index (χ3n) is 7.04. The van der Waals surface area contributed by atoms with Crippen molar-refractivity contribution in [2.24, 2.45) is 4.99 Å². The van der Waals surface area contributed by atoms with Crippen molar-refractivity contribution in [3.05, 3.63) is 70.1 Å². The highest BCUT2D eigenvalue weighted by Crippen LogP contribution is 2.35. The first kappa shape index (κ1) is 23.2. The number of fused-ring (bicyclic) bond motifs is 2. The Morgan fingerprint density at radius 3 is 2.80 bits per heavy atom. The molecule has 1 unspecified atom stereocenters. The highest BCUT2D eigenvalue weighted by atomic mass is 32.1. The van der Waals surface area contributed by atoms with Gasteiger partial charge >= 0.3 is 5.97 Å². The molecule has 3 heterocycles. The van der Waals surface area contributed by atoms with E-state index in [1.54, 1.807) is 28.1 Å². The first-order valence-corrected chi connectivity index (χ1v) is 12.6. The van der Waals surface area contributed by atoms with Crippen LogP contribution in [0.15, 0.2) is 52.8 Å². The Hall–Kier alpha value is -3.52. The van der Waals surface area contributed by atoms with Crippen LogP contribution in [-0.2, 0) is 33.9 Å². The summed E-state index contributed by atoms with van der Waals surface area (Å²) in [5.41, 5.74) is 3.10. The molecule has 2 aliphatic rings. The van der Waals surface area contributed by atoms with Crippen LogP contribution in [-0.4, -0.2) is 57.5 Å². The Bertz CT molecular complexity index is 1350. The maximum absolute atomic E-state index is 13.7. The van der Waals surface area contributed by atoms with Crippen LogP contribution in [0, 0.1) is 0 Å². The molecular weight excluding hydrogens is 462 g/mol. The number of nitrogens with zero attached hydrogens (tertiary/aromatic N) is 3. The molecular formula is C27H27N3O4S. The quantitative estimate of drug-likeness (QED) is 0.520. The van der Waals surface area contributed by atoms with Gasteiger partial charge in [-0.2, -0.15) is 0 Å². The highest BCUT2D eigenvalue weighted by Gasteiger charge is 2.50. The van der Waals surface area contributed by atoms with Crippen molar-refractivity contribution < 1.29 is 19.5 Å². The monoisotopic (exact) mass is 489 g/mol. The van der Waals surface area contributed by atoms with Crippen LogP contribution in [0.25, 0.3) is 10.1 Å². The predicted molar refractivity (Wildman–Crippen MR) is 136 cm³/mol. The SMILES string of the molecule is CC1(C(=O)N(CCC(=O)O)Cc2ccc3c(c2)CN=C3)CCN1C(=O)Cc1csc2ccccc12. The number of hydrogen-bond donors (Lipinski definition) is 1. The van der Waals surface area contributed by atoms with Gasteiger partial charge in [0.1, 0.15) is 5.54 Å². The highest BCUT2D eigenvalue weighted by molar-refractivity contribution is 7.17. The van der Waals surface area contributed by atoms with Crippen LogP contribution in [0.5, 0.6) is 0 Å². The maximum atomic E-state index is 13.7. The molecule has 0 aliphatic carbocycles. The van der Waals surface area contributed by atoms with E-state index in [0.717, 1.165) is 32.3 Å². The number of thiophene rings is 1. The van der Waals surface area contributed by atoms with Gasteiger partial charge in [0, 0.05) is 30.5 Å². The van der Waals surface area contributed by atoms with Gasteiger partial charge in [0.05, 0.1) is 19.4 Å². The normalized spacial score (nSPS) is 18.4. The van der Waals surface area contributed by atoms with E-state index in [0.29, 0.717) is 26.1 Å². The molecule has 2 aliphatic heterocycles. The molecule has 0 radical (unpaired) electrons. The number of carbonyl (C=O) groups excluding carboxylic acids is 2. The van der Waals surface area contributed by atoms with Crippen molar-refractivity contribution in [1.29, 1.82) is 0 Å². The lowest BCUT2D eigenvalue weighted by atomic mass is 9.84. The van der Waals surface area contributed by atoms with E-state index in [4.69, 9.17) is 0 Å². The molecule has 2 amide bonds. The lowest BCUT2D eigenvalue weighted by molar-refractivity contribution is -0.164. The number of carboxylic acid groups (broad SMARTS) is 1. The molecule has 0 bridgehead atoms. The van der Waals surface area contributed by atoms with Gasteiger partial charge in [0.25, 0.3) is 0 Å². The van der Waals surface area contributed by atoms with Crippen LogP contribution in [0.2, 0.25) is 0 Å². The van der Waals surface area contributed by atoms with Gasteiger partial charge in [-0.3, -0.25) is 19.4 Å². The summed E-state index contributed by atoms with van der Waals surface area (Å²) in [5.74, 6) is -1.24. The van der Waals surface area contributed by atoms with Gasteiger partial charge in [0.2, 0.25) is 11.8 Å². The van der Waals surface area contributed by atoms with Crippen LogP contribution >= 0.6 is 11.3 Å². The summed E-state index contributed by atoms with van der Waals surface area (Å²) in [5, 5.41) is 12.3. The summed E-state index contributed by atoms with van der Waals surface area (Å²) in [6, 6.07) is 14.0. The topological polar surface area (TPSA) is 90.3 Å². The van der Waals surface area contributed by atoms with Gasteiger partial charge in [-0.15, -0.1) is 11.3 Å². The Morgan fingerprint density at radius 2 is 2.03 bits per heavy atom. The number of rotatable bonds is 8. The third kappa shape index (κ3) is 4.46. The summed E-state index contributed by atoms with van der Waals surface area (Å²) in [4.78, 5) is 45.9. The van der Waals surface area contributed by atoms with E-state index in [2.05, 4.69) is 4.99 Å².